The first-order chi connectivity index (χ1) is 8.61. The molecule has 0 bridgehead atoms. The van der Waals surface area contributed by atoms with Gasteiger partial charge in [0.2, 0.25) is 0 Å². The molecule has 0 saturated carbocycles. The van der Waals surface area contributed by atoms with E-state index in [0.717, 1.165) is 16.7 Å². The molecule has 0 saturated heterocycles. The number of phenols is 1. The zero-order valence-corrected chi connectivity index (χ0v) is 10.6. The molecular formula is C14H12ClNO2. The lowest BCUT2D eigenvalue weighted by molar-refractivity contribution is 0.475. The minimum Gasteiger partial charge on any atom is -0.508 e. The van der Waals surface area contributed by atoms with Crippen molar-refractivity contribution in [1.82, 2.24) is 0 Å². The number of nitroso groups, excluding NO2 is 1. The molecule has 0 radical (unpaired) electrons. The summed E-state index contributed by atoms with van der Waals surface area (Å²) in [5, 5.41) is 12.7. The van der Waals surface area contributed by atoms with E-state index < -0.39 is 0 Å². The number of hydrogen-bond donors (Lipinski definition) is 1. The molecule has 2 rings (SSSR count). The quantitative estimate of drug-likeness (QED) is 0.838. The van der Waals surface area contributed by atoms with Gasteiger partial charge in [0.15, 0.2) is 0 Å². The van der Waals surface area contributed by atoms with E-state index in [1.807, 2.05) is 19.1 Å². The number of phenolic OH excluding ortho intramolecular Hbond substituents is 1. The summed E-state index contributed by atoms with van der Waals surface area (Å²) in [5.74, 6) is 0.240. The molecular weight excluding hydrogens is 250 g/mol. The lowest BCUT2D eigenvalue weighted by Gasteiger charge is -2.08. The van der Waals surface area contributed by atoms with Crippen LogP contribution in [0.1, 0.15) is 11.1 Å². The molecule has 1 N–H and O–H groups in total. The van der Waals surface area contributed by atoms with Crippen LogP contribution in [-0.4, -0.2) is 5.11 Å². The van der Waals surface area contributed by atoms with Gasteiger partial charge in [-0.25, -0.2) is 0 Å². The highest BCUT2D eigenvalue weighted by molar-refractivity contribution is 6.31. The van der Waals surface area contributed by atoms with Crippen LogP contribution in [0.15, 0.2) is 41.6 Å². The van der Waals surface area contributed by atoms with Gasteiger partial charge in [-0.15, -0.1) is 0 Å². The number of nitrogens with zero attached hydrogens (tertiary/aromatic N) is 1. The molecule has 4 heteroatoms. The first-order valence-electron chi connectivity index (χ1n) is 5.49. The van der Waals surface area contributed by atoms with E-state index >= 15 is 0 Å². The second kappa shape index (κ2) is 5.19. The van der Waals surface area contributed by atoms with Crippen LogP contribution in [0.5, 0.6) is 5.75 Å². The smallest absolute Gasteiger partial charge is 0.115 e. The van der Waals surface area contributed by atoms with Crippen LogP contribution in [0, 0.1) is 11.8 Å². The van der Waals surface area contributed by atoms with E-state index in [2.05, 4.69) is 5.18 Å². The van der Waals surface area contributed by atoms with Crippen LogP contribution >= 0.6 is 11.6 Å². The largest absolute Gasteiger partial charge is 0.508 e. The van der Waals surface area contributed by atoms with Gasteiger partial charge in [0.1, 0.15) is 12.3 Å². The molecule has 0 heterocycles. The lowest BCUT2D eigenvalue weighted by Crippen LogP contribution is -1.87. The molecule has 3 nitrogen and oxygen atoms in total. The molecule has 18 heavy (non-hydrogen) atoms. The molecule has 0 fully saturated rings. The van der Waals surface area contributed by atoms with E-state index in [1.54, 1.807) is 24.3 Å². The van der Waals surface area contributed by atoms with Crippen molar-refractivity contribution in [2.24, 2.45) is 5.18 Å². The lowest BCUT2D eigenvalue weighted by atomic mass is 9.99. The zero-order valence-electron chi connectivity index (χ0n) is 9.85. The fraction of sp³-hybridized carbons (Fsp3) is 0.143. The standard InChI is InChI=1S/C14H12ClNO2/c1-9-6-12(17)4-5-13(9)10-2-3-11(8-16-18)14(15)7-10/h2-7,17H,8H2,1H3. The summed E-state index contributed by atoms with van der Waals surface area (Å²) in [6.45, 7) is 2.00. The summed E-state index contributed by atoms with van der Waals surface area (Å²) in [7, 11) is 0. The monoisotopic (exact) mass is 261 g/mol. The number of halogens is 1. The molecule has 0 spiro atoms. The third kappa shape index (κ3) is 2.51. The molecule has 2 aromatic carbocycles. The molecule has 0 aromatic heterocycles. The van der Waals surface area contributed by atoms with Gasteiger partial charge >= 0.3 is 0 Å². The van der Waals surface area contributed by atoms with Crippen LogP contribution in [0.2, 0.25) is 5.02 Å². The number of hydrogen-bond acceptors (Lipinski definition) is 3. The van der Waals surface area contributed by atoms with Gasteiger partial charge in [-0.2, -0.15) is 4.91 Å². The van der Waals surface area contributed by atoms with E-state index in [0.29, 0.717) is 10.6 Å². The second-order valence-electron chi connectivity index (χ2n) is 4.09. The molecule has 92 valence electrons. The van der Waals surface area contributed by atoms with Crippen molar-refractivity contribution in [2.75, 3.05) is 0 Å². The molecule has 2 aromatic rings. The van der Waals surface area contributed by atoms with Gasteiger partial charge < -0.3 is 5.11 Å². The van der Waals surface area contributed by atoms with Crippen LogP contribution < -0.4 is 0 Å². The predicted octanol–water partition coefficient (Wildman–Crippen LogP) is 4.29. The van der Waals surface area contributed by atoms with Crippen molar-refractivity contribution in [3.63, 3.8) is 0 Å². The predicted molar refractivity (Wildman–Crippen MR) is 72.8 cm³/mol. The average Bonchev–Trinajstić information content (AvgIpc) is 2.32. The van der Waals surface area contributed by atoms with Gasteiger partial charge in [0.05, 0.1) is 0 Å². The van der Waals surface area contributed by atoms with E-state index in [9.17, 15) is 10.0 Å². The van der Waals surface area contributed by atoms with Gasteiger partial charge in [0, 0.05) is 5.02 Å². The maximum Gasteiger partial charge on any atom is 0.115 e. The molecule has 0 unspecified atom stereocenters. The number of benzene rings is 2. The topological polar surface area (TPSA) is 49.7 Å². The minimum atomic E-state index is 0.0771. The maximum absolute atomic E-state index is 10.2. The van der Waals surface area contributed by atoms with Crippen molar-refractivity contribution in [3.8, 4) is 16.9 Å². The number of rotatable bonds is 3. The molecule has 0 aliphatic carbocycles. The third-order valence-electron chi connectivity index (χ3n) is 2.81. The van der Waals surface area contributed by atoms with Crippen molar-refractivity contribution in [3.05, 3.63) is 57.5 Å². The molecule has 0 aliphatic heterocycles. The Labute approximate surface area is 110 Å². The van der Waals surface area contributed by atoms with Crippen LogP contribution in [0.4, 0.5) is 0 Å². The van der Waals surface area contributed by atoms with Gasteiger partial charge in [-0.05, 0) is 47.4 Å². The normalized spacial score (nSPS) is 10.3. The van der Waals surface area contributed by atoms with Crippen molar-refractivity contribution in [1.29, 1.82) is 0 Å². The van der Waals surface area contributed by atoms with Crippen LogP contribution in [-0.2, 0) is 6.54 Å². The highest BCUT2D eigenvalue weighted by Gasteiger charge is 2.06. The Morgan fingerprint density at radius 2 is 2.00 bits per heavy atom. The summed E-state index contributed by atoms with van der Waals surface area (Å²) in [4.78, 5) is 10.2. The zero-order chi connectivity index (χ0) is 13.1. The fourth-order valence-corrected chi connectivity index (χ4v) is 2.12. The van der Waals surface area contributed by atoms with Gasteiger partial charge in [0.25, 0.3) is 0 Å². The molecule has 0 atom stereocenters. The minimum absolute atomic E-state index is 0.0771. The summed E-state index contributed by atoms with van der Waals surface area (Å²) in [6, 6.07) is 10.7. The first kappa shape index (κ1) is 12.6. The van der Waals surface area contributed by atoms with Gasteiger partial charge in [-0.3, -0.25) is 0 Å². The summed E-state index contributed by atoms with van der Waals surface area (Å²) >= 11 is 6.09. The molecule has 0 aliphatic rings. The van der Waals surface area contributed by atoms with Crippen molar-refractivity contribution < 1.29 is 5.11 Å². The SMILES string of the molecule is Cc1cc(O)ccc1-c1ccc(CN=O)c(Cl)c1. The van der Waals surface area contributed by atoms with Crippen molar-refractivity contribution in [2.45, 2.75) is 13.5 Å². The Morgan fingerprint density at radius 3 is 2.61 bits per heavy atom. The Balaban J connectivity index is 2.45. The first-order valence-corrected chi connectivity index (χ1v) is 5.87. The number of aryl methyl sites for hydroxylation is 1. The van der Waals surface area contributed by atoms with E-state index in [4.69, 9.17) is 11.6 Å². The molecule has 0 amide bonds. The van der Waals surface area contributed by atoms with Gasteiger partial charge in [-0.1, -0.05) is 35.0 Å². The second-order valence-corrected chi connectivity index (χ2v) is 4.50. The Hall–Kier alpha value is -1.87. The van der Waals surface area contributed by atoms with E-state index in [-0.39, 0.29) is 12.3 Å². The van der Waals surface area contributed by atoms with Crippen LogP contribution in [0.3, 0.4) is 0 Å². The third-order valence-corrected chi connectivity index (χ3v) is 3.16. The Bertz CT molecular complexity index is 596. The average molecular weight is 262 g/mol. The van der Waals surface area contributed by atoms with Crippen LogP contribution in [0.25, 0.3) is 11.1 Å². The highest BCUT2D eigenvalue weighted by atomic mass is 35.5. The summed E-state index contributed by atoms with van der Waals surface area (Å²) < 4.78 is 0. The summed E-state index contributed by atoms with van der Waals surface area (Å²) in [6.07, 6.45) is 0. The number of aromatic hydroxyl groups is 1. The highest BCUT2D eigenvalue weighted by Crippen LogP contribution is 2.30. The fourth-order valence-electron chi connectivity index (χ4n) is 1.88. The Morgan fingerprint density at radius 1 is 1.22 bits per heavy atom. The maximum atomic E-state index is 10.2. The summed E-state index contributed by atoms with van der Waals surface area (Å²) in [5.41, 5.74) is 3.63. The Kier molecular flexibility index (Phi) is 3.63. The van der Waals surface area contributed by atoms with E-state index in [1.165, 1.54) is 0 Å². The van der Waals surface area contributed by atoms with Crippen molar-refractivity contribution >= 4 is 11.6 Å².